The summed E-state index contributed by atoms with van der Waals surface area (Å²) < 4.78 is 1.66. The van der Waals surface area contributed by atoms with E-state index >= 15 is 0 Å². The number of aromatic nitrogens is 2. The normalized spacial score (nSPS) is 12.1. The van der Waals surface area contributed by atoms with Crippen molar-refractivity contribution >= 4 is 16.8 Å². The third kappa shape index (κ3) is 5.58. The predicted octanol–water partition coefficient (Wildman–Crippen LogP) is 5.67. The Hall–Kier alpha value is -4.55. The summed E-state index contributed by atoms with van der Waals surface area (Å²) in [5.41, 5.74) is 3.03. The second-order valence-electron chi connectivity index (χ2n) is 10.2. The van der Waals surface area contributed by atoms with Crippen LogP contribution in [0.3, 0.4) is 0 Å². The van der Waals surface area contributed by atoms with E-state index in [4.69, 9.17) is 4.98 Å². The van der Waals surface area contributed by atoms with Crippen LogP contribution in [0.5, 0.6) is 0 Å². The smallest absolute Gasteiger partial charge is 0.266 e. The van der Waals surface area contributed by atoms with Crippen molar-refractivity contribution < 1.29 is 4.79 Å². The maximum Gasteiger partial charge on any atom is 0.266 e. The molecule has 5 rings (SSSR count). The molecule has 0 fully saturated rings. The number of fused-ring (bicyclic) bond motifs is 1. The van der Waals surface area contributed by atoms with Gasteiger partial charge in [0, 0.05) is 13.1 Å². The zero-order valence-corrected chi connectivity index (χ0v) is 23.1. The van der Waals surface area contributed by atoms with Crippen LogP contribution in [-0.4, -0.2) is 52.4 Å². The fraction of sp³-hybridized carbons (Fsp3) is 0.206. The highest BCUT2D eigenvalue weighted by Crippen LogP contribution is 2.31. The number of carbonyl (C=O) groups excluding carboxylic acids is 1. The molecule has 5 aromatic rings. The number of likely N-dealkylation sites (N-methyl/N-ethyl adjacent to an activating group) is 1. The van der Waals surface area contributed by atoms with Gasteiger partial charge in [0.05, 0.1) is 28.6 Å². The largest absolute Gasteiger partial charge is 0.331 e. The van der Waals surface area contributed by atoms with Gasteiger partial charge in [-0.25, -0.2) is 4.98 Å². The molecule has 6 nitrogen and oxygen atoms in total. The fourth-order valence-corrected chi connectivity index (χ4v) is 5.13. The Morgan fingerprint density at radius 3 is 1.85 bits per heavy atom. The van der Waals surface area contributed by atoms with Gasteiger partial charge in [-0.05, 0) is 56.4 Å². The van der Waals surface area contributed by atoms with Crippen molar-refractivity contribution in [2.24, 2.45) is 0 Å². The van der Waals surface area contributed by atoms with Gasteiger partial charge >= 0.3 is 0 Å². The van der Waals surface area contributed by atoms with Crippen molar-refractivity contribution in [3.05, 3.63) is 143 Å². The van der Waals surface area contributed by atoms with Gasteiger partial charge in [0.25, 0.3) is 5.56 Å². The summed E-state index contributed by atoms with van der Waals surface area (Å²) in [6.07, 6.45) is 0. The molecule has 1 aromatic heterocycles. The quantitative estimate of drug-likeness (QED) is 0.246. The Labute approximate surface area is 235 Å². The van der Waals surface area contributed by atoms with Gasteiger partial charge < -0.3 is 9.80 Å². The number of rotatable bonds is 9. The molecule has 1 atom stereocenters. The van der Waals surface area contributed by atoms with Crippen LogP contribution in [0.1, 0.15) is 35.8 Å². The van der Waals surface area contributed by atoms with E-state index in [0.29, 0.717) is 29.8 Å². The second-order valence-corrected chi connectivity index (χ2v) is 10.2. The van der Waals surface area contributed by atoms with Crippen LogP contribution in [0.2, 0.25) is 0 Å². The highest BCUT2D eigenvalue weighted by Gasteiger charge is 2.33. The van der Waals surface area contributed by atoms with Crippen LogP contribution >= 0.6 is 0 Å². The molecule has 1 heterocycles. The van der Waals surface area contributed by atoms with E-state index in [-0.39, 0.29) is 11.5 Å². The van der Waals surface area contributed by atoms with E-state index in [1.807, 2.05) is 135 Å². The van der Waals surface area contributed by atoms with Gasteiger partial charge in [0.15, 0.2) is 0 Å². The van der Waals surface area contributed by atoms with E-state index in [1.54, 1.807) is 10.6 Å². The molecule has 202 valence electrons. The van der Waals surface area contributed by atoms with E-state index in [9.17, 15) is 9.59 Å². The van der Waals surface area contributed by atoms with Crippen LogP contribution in [0.25, 0.3) is 16.6 Å². The van der Waals surface area contributed by atoms with E-state index in [0.717, 1.165) is 16.8 Å². The number of carbonyl (C=O) groups is 1. The Kier molecular flexibility index (Phi) is 8.18. The lowest BCUT2D eigenvalue weighted by Crippen LogP contribution is -2.43. The number of nitrogens with zero attached hydrogens (tertiary/aromatic N) is 4. The molecule has 0 saturated heterocycles. The Morgan fingerprint density at radius 1 is 0.750 bits per heavy atom. The van der Waals surface area contributed by atoms with Crippen LogP contribution in [0.15, 0.2) is 120 Å². The predicted molar refractivity (Wildman–Crippen MR) is 161 cm³/mol. The number of hydrogen-bond donors (Lipinski definition) is 0. The number of para-hydroxylation sites is 2. The molecule has 1 unspecified atom stereocenters. The number of hydrogen-bond acceptors (Lipinski definition) is 4. The maximum atomic E-state index is 14.7. The average Bonchev–Trinajstić information content (AvgIpc) is 2.98. The summed E-state index contributed by atoms with van der Waals surface area (Å²) in [5, 5.41) is 0.542. The topological polar surface area (TPSA) is 58.4 Å². The molecule has 0 aliphatic heterocycles. The average molecular weight is 531 g/mol. The molecule has 4 aromatic carbocycles. The second kappa shape index (κ2) is 12.1. The summed E-state index contributed by atoms with van der Waals surface area (Å²) in [7, 11) is 3.99. The zero-order chi connectivity index (χ0) is 28.1. The lowest BCUT2D eigenvalue weighted by molar-refractivity contribution is -0.134. The SMILES string of the molecule is CC(c1nc2ccccc2c(=O)n1-c1ccccc1)N(CCN(C)C)C(=O)C(c1ccccc1)c1ccccc1. The third-order valence-electron chi connectivity index (χ3n) is 7.24. The Morgan fingerprint density at radius 2 is 1.27 bits per heavy atom. The monoisotopic (exact) mass is 530 g/mol. The van der Waals surface area contributed by atoms with Gasteiger partial charge in [-0.3, -0.25) is 14.2 Å². The van der Waals surface area contributed by atoms with Crippen molar-refractivity contribution in [1.82, 2.24) is 19.4 Å². The highest BCUT2D eigenvalue weighted by atomic mass is 16.2. The minimum absolute atomic E-state index is 0.0335. The molecule has 6 heteroatoms. The number of benzene rings is 4. The maximum absolute atomic E-state index is 14.7. The van der Waals surface area contributed by atoms with Crippen LogP contribution < -0.4 is 5.56 Å². The Balaban J connectivity index is 1.68. The molecule has 0 aliphatic rings. The first-order valence-corrected chi connectivity index (χ1v) is 13.6. The Bertz CT molecular complexity index is 1590. The van der Waals surface area contributed by atoms with Gasteiger partial charge in [0.1, 0.15) is 5.82 Å². The minimum atomic E-state index is -0.496. The molecule has 0 radical (unpaired) electrons. The van der Waals surface area contributed by atoms with E-state index in [2.05, 4.69) is 4.90 Å². The molecule has 0 saturated carbocycles. The summed E-state index contributed by atoms with van der Waals surface area (Å²) in [6, 6.07) is 36.2. The molecule has 40 heavy (non-hydrogen) atoms. The van der Waals surface area contributed by atoms with Gasteiger partial charge in [0.2, 0.25) is 5.91 Å². The zero-order valence-electron chi connectivity index (χ0n) is 23.1. The van der Waals surface area contributed by atoms with Crippen molar-refractivity contribution in [3.63, 3.8) is 0 Å². The van der Waals surface area contributed by atoms with Crippen LogP contribution in [0, 0.1) is 0 Å². The molecule has 0 N–H and O–H groups in total. The van der Waals surface area contributed by atoms with Crippen LogP contribution in [-0.2, 0) is 4.79 Å². The van der Waals surface area contributed by atoms with Gasteiger partial charge in [-0.15, -0.1) is 0 Å². The molecular formula is C34H34N4O2. The molecule has 0 spiro atoms. The molecule has 1 amide bonds. The fourth-order valence-electron chi connectivity index (χ4n) is 5.13. The summed E-state index contributed by atoms with van der Waals surface area (Å²) in [5.74, 6) is 0.0000135. The minimum Gasteiger partial charge on any atom is -0.331 e. The van der Waals surface area contributed by atoms with Gasteiger partial charge in [-0.2, -0.15) is 0 Å². The van der Waals surface area contributed by atoms with Gasteiger partial charge in [-0.1, -0.05) is 91.0 Å². The number of amides is 1. The van der Waals surface area contributed by atoms with Crippen LogP contribution in [0.4, 0.5) is 0 Å². The molecule has 0 aliphatic carbocycles. The summed E-state index contributed by atoms with van der Waals surface area (Å²) >= 11 is 0. The standard InChI is InChI=1S/C34H34N4O2/c1-25(32-35-30-22-14-13-21-29(30)33(39)38(32)28-19-11-6-12-20-28)37(24-23-36(2)3)34(40)31(26-15-7-4-8-16-26)27-17-9-5-10-18-27/h4-22,25,31H,23-24H2,1-3H3. The lowest BCUT2D eigenvalue weighted by atomic mass is 9.89. The first-order valence-electron chi connectivity index (χ1n) is 13.6. The van der Waals surface area contributed by atoms with Crippen molar-refractivity contribution in [3.8, 4) is 5.69 Å². The van der Waals surface area contributed by atoms with E-state index in [1.165, 1.54) is 0 Å². The third-order valence-corrected chi connectivity index (χ3v) is 7.24. The first-order chi connectivity index (χ1) is 19.5. The molecule has 0 bridgehead atoms. The van der Waals surface area contributed by atoms with Crippen molar-refractivity contribution in [1.29, 1.82) is 0 Å². The molecular weight excluding hydrogens is 496 g/mol. The van der Waals surface area contributed by atoms with Crippen molar-refractivity contribution in [2.45, 2.75) is 18.9 Å². The van der Waals surface area contributed by atoms with E-state index < -0.39 is 12.0 Å². The summed E-state index contributed by atoms with van der Waals surface area (Å²) in [4.78, 5) is 37.5. The lowest BCUT2D eigenvalue weighted by Gasteiger charge is -2.34. The highest BCUT2D eigenvalue weighted by molar-refractivity contribution is 5.87. The van der Waals surface area contributed by atoms with Crippen molar-refractivity contribution in [2.75, 3.05) is 27.2 Å². The first kappa shape index (κ1) is 27.0. The summed E-state index contributed by atoms with van der Waals surface area (Å²) in [6.45, 7) is 3.10.